The number of fused-ring (bicyclic) bond motifs is 1. The van der Waals surface area contributed by atoms with Gasteiger partial charge in [0.25, 0.3) is 0 Å². The molecule has 5 nitrogen and oxygen atoms in total. The van der Waals surface area contributed by atoms with Gasteiger partial charge in [0.05, 0.1) is 11.1 Å². The van der Waals surface area contributed by atoms with Gasteiger partial charge in [-0.15, -0.1) is 12.4 Å². The number of esters is 2. The molecule has 5 aromatic rings. The minimum absolute atomic E-state index is 0. The lowest BCUT2D eigenvalue weighted by Gasteiger charge is -2.16. The Bertz CT molecular complexity index is 1610. The molecule has 0 radical (unpaired) electrons. The van der Waals surface area contributed by atoms with Crippen molar-refractivity contribution in [3.8, 4) is 11.5 Å². The second-order valence-corrected chi connectivity index (χ2v) is 9.46. The van der Waals surface area contributed by atoms with E-state index in [1.807, 2.05) is 80.6 Å². The lowest BCUT2D eigenvalue weighted by Crippen LogP contribution is -2.11. The molecule has 0 saturated carbocycles. The smallest absolute Gasteiger partial charge is 0.343 e. The van der Waals surface area contributed by atoms with Crippen LogP contribution in [0.1, 0.15) is 37.4 Å². The molecule has 6 heteroatoms. The summed E-state index contributed by atoms with van der Waals surface area (Å²) in [5, 5.41) is 4.86. The van der Waals surface area contributed by atoms with Gasteiger partial charge in [-0.05, 0) is 74.4 Å². The first kappa shape index (κ1) is 28.4. The Morgan fingerprint density at radius 1 is 0.625 bits per heavy atom. The van der Waals surface area contributed by atoms with E-state index in [0.717, 1.165) is 27.8 Å². The van der Waals surface area contributed by atoms with Crippen LogP contribution in [0.2, 0.25) is 0 Å². The summed E-state index contributed by atoms with van der Waals surface area (Å²) < 4.78 is 11.8. The first-order valence-electron chi connectivity index (χ1n) is 12.9. The van der Waals surface area contributed by atoms with Gasteiger partial charge in [-0.2, -0.15) is 0 Å². The highest BCUT2D eigenvalue weighted by Crippen LogP contribution is 2.36. The minimum Gasteiger partial charge on any atom is -0.422 e. The van der Waals surface area contributed by atoms with Crippen molar-refractivity contribution in [1.29, 1.82) is 0 Å². The van der Waals surface area contributed by atoms with Crippen LogP contribution in [-0.4, -0.2) is 18.5 Å². The quantitative estimate of drug-likeness (QED) is 0.156. The average molecular weight is 552 g/mol. The number of carbonyl (C=O) groups excluding carboxylic acids is 2. The highest BCUT2D eigenvalue weighted by atomic mass is 35.5. The zero-order valence-electron chi connectivity index (χ0n) is 22.3. The highest BCUT2D eigenvalue weighted by molar-refractivity contribution is 6.01. The van der Waals surface area contributed by atoms with E-state index in [2.05, 4.69) is 5.32 Å². The number of benzene rings is 5. The molecular formula is C34H30ClNO4. The molecule has 1 N–H and O–H groups in total. The summed E-state index contributed by atoms with van der Waals surface area (Å²) in [6, 6.07) is 33.7. The van der Waals surface area contributed by atoms with Gasteiger partial charge < -0.3 is 14.8 Å². The largest absolute Gasteiger partial charge is 0.422 e. The number of rotatable bonds is 8. The maximum absolute atomic E-state index is 13.0. The minimum atomic E-state index is -0.447. The van der Waals surface area contributed by atoms with Crippen molar-refractivity contribution < 1.29 is 19.1 Å². The summed E-state index contributed by atoms with van der Waals surface area (Å²) in [5.74, 6) is -0.0700. The summed E-state index contributed by atoms with van der Waals surface area (Å²) in [6.07, 6.45) is 0.663. The number of aryl methyl sites for hydroxylation is 2. The van der Waals surface area contributed by atoms with E-state index in [1.165, 1.54) is 0 Å². The maximum atomic E-state index is 13.0. The van der Waals surface area contributed by atoms with Crippen molar-refractivity contribution in [3.63, 3.8) is 0 Å². The lowest BCUT2D eigenvalue weighted by atomic mass is 10.00. The molecule has 0 aliphatic heterocycles. The number of ether oxygens (including phenoxy) is 2. The fourth-order valence-corrected chi connectivity index (χ4v) is 4.39. The topological polar surface area (TPSA) is 64.6 Å². The Kier molecular flexibility index (Phi) is 9.20. The molecule has 0 saturated heterocycles. The fourth-order valence-electron chi connectivity index (χ4n) is 4.39. The van der Waals surface area contributed by atoms with Gasteiger partial charge >= 0.3 is 11.9 Å². The molecule has 0 aromatic heterocycles. The Hall–Kier alpha value is -4.61. The molecule has 0 fully saturated rings. The van der Waals surface area contributed by atoms with Crippen LogP contribution in [-0.2, 0) is 6.42 Å². The van der Waals surface area contributed by atoms with Crippen LogP contribution in [0.25, 0.3) is 10.8 Å². The number of para-hydroxylation sites is 1. The fraction of sp³-hybridized carbons (Fsp3) is 0.118. The zero-order chi connectivity index (χ0) is 27.2. The Labute approximate surface area is 240 Å². The first-order valence-corrected chi connectivity index (χ1v) is 12.9. The molecule has 40 heavy (non-hydrogen) atoms. The van der Waals surface area contributed by atoms with Gasteiger partial charge in [0.2, 0.25) is 0 Å². The summed E-state index contributed by atoms with van der Waals surface area (Å²) >= 11 is 0. The summed E-state index contributed by atoms with van der Waals surface area (Å²) in [5.41, 5.74) is 5.04. The summed E-state index contributed by atoms with van der Waals surface area (Å²) in [7, 11) is 0. The predicted octanol–water partition coefficient (Wildman–Crippen LogP) is 7.97. The molecule has 5 rings (SSSR count). The third-order valence-electron chi connectivity index (χ3n) is 6.53. The maximum Gasteiger partial charge on any atom is 0.343 e. The highest BCUT2D eigenvalue weighted by Gasteiger charge is 2.18. The standard InChI is InChI=1S/C34H29NO4.ClH/c1-23-11-15-26(16-12-23)33(36)38-30-20-19-25(21-22-35-28-7-4-3-5-8-28)32-29(30)9-6-10-31(32)39-34(37)27-17-13-24(2)14-18-27;/h3-20,35H,21-22H2,1-2H3;1H. The lowest BCUT2D eigenvalue weighted by molar-refractivity contribution is 0.0725. The number of carbonyl (C=O) groups is 2. The van der Waals surface area contributed by atoms with E-state index in [0.29, 0.717) is 41.0 Å². The molecule has 0 bridgehead atoms. The van der Waals surface area contributed by atoms with E-state index in [4.69, 9.17) is 9.47 Å². The summed E-state index contributed by atoms with van der Waals surface area (Å²) in [4.78, 5) is 26.0. The monoisotopic (exact) mass is 551 g/mol. The van der Waals surface area contributed by atoms with Crippen LogP contribution < -0.4 is 14.8 Å². The van der Waals surface area contributed by atoms with Gasteiger partial charge in [0.1, 0.15) is 11.5 Å². The van der Waals surface area contributed by atoms with E-state index in [1.54, 1.807) is 42.5 Å². The molecule has 202 valence electrons. The van der Waals surface area contributed by atoms with Crippen molar-refractivity contribution in [2.75, 3.05) is 11.9 Å². The first-order chi connectivity index (χ1) is 19.0. The van der Waals surface area contributed by atoms with E-state index in [9.17, 15) is 9.59 Å². The molecular weight excluding hydrogens is 522 g/mol. The Balaban J connectivity index is 0.00000370. The molecule has 0 aliphatic carbocycles. The number of anilines is 1. The number of hydrogen-bond acceptors (Lipinski definition) is 5. The molecule has 0 unspecified atom stereocenters. The Morgan fingerprint density at radius 3 is 1.80 bits per heavy atom. The molecule has 0 atom stereocenters. The molecule has 0 aliphatic rings. The van der Waals surface area contributed by atoms with Gasteiger partial charge in [-0.3, -0.25) is 0 Å². The SMILES string of the molecule is Cc1ccc(C(=O)Oc2ccc(CCNc3ccccc3)c3c(OC(=O)c4ccc(C)cc4)cccc23)cc1.Cl. The number of halogens is 1. The van der Waals surface area contributed by atoms with E-state index < -0.39 is 11.9 Å². The summed E-state index contributed by atoms with van der Waals surface area (Å²) in [6.45, 7) is 4.60. The van der Waals surface area contributed by atoms with Crippen LogP contribution in [0.3, 0.4) is 0 Å². The Morgan fingerprint density at radius 2 is 1.20 bits per heavy atom. The second kappa shape index (κ2) is 13.0. The van der Waals surface area contributed by atoms with Crippen molar-refractivity contribution in [3.05, 3.63) is 137 Å². The second-order valence-electron chi connectivity index (χ2n) is 9.46. The predicted molar refractivity (Wildman–Crippen MR) is 162 cm³/mol. The molecule has 0 amide bonds. The van der Waals surface area contributed by atoms with Crippen LogP contribution in [0.5, 0.6) is 11.5 Å². The van der Waals surface area contributed by atoms with Gasteiger partial charge in [-0.25, -0.2) is 9.59 Å². The van der Waals surface area contributed by atoms with Crippen LogP contribution in [0.15, 0.2) is 109 Å². The van der Waals surface area contributed by atoms with Gasteiger partial charge in [0, 0.05) is 23.0 Å². The van der Waals surface area contributed by atoms with Crippen molar-refractivity contribution in [2.24, 2.45) is 0 Å². The van der Waals surface area contributed by atoms with E-state index in [-0.39, 0.29) is 12.4 Å². The zero-order valence-corrected chi connectivity index (χ0v) is 23.2. The average Bonchev–Trinajstić information content (AvgIpc) is 2.95. The van der Waals surface area contributed by atoms with Crippen molar-refractivity contribution >= 4 is 40.8 Å². The number of hydrogen-bond donors (Lipinski definition) is 1. The van der Waals surface area contributed by atoms with Crippen molar-refractivity contribution in [1.82, 2.24) is 0 Å². The third kappa shape index (κ3) is 6.68. The normalized spacial score (nSPS) is 10.4. The third-order valence-corrected chi connectivity index (χ3v) is 6.53. The molecule has 0 spiro atoms. The number of nitrogens with one attached hydrogen (secondary N) is 1. The van der Waals surface area contributed by atoms with Crippen LogP contribution in [0, 0.1) is 13.8 Å². The van der Waals surface area contributed by atoms with E-state index >= 15 is 0 Å². The van der Waals surface area contributed by atoms with Crippen LogP contribution >= 0.6 is 12.4 Å². The van der Waals surface area contributed by atoms with Crippen LogP contribution in [0.4, 0.5) is 5.69 Å². The molecule has 0 heterocycles. The van der Waals surface area contributed by atoms with Crippen molar-refractivity contribution in [2.45, 2.75) is 20.3 Å². The van der Waals surface area contributed by atoms with Gasteiger partial charge in [0.15, 0.2) is 0 Å². The molecule has 5 aromatic carbocycles. The van der Waals surface area contributed by atoms with Gasteiger partial charge in [-0.1, -0.05) is 71.8 Å².